The van der Waals surface area contributed by atoms with Crippen molar-refractivity contribution in [3.63, 3.8) is 0 Å². The van der Waals surface area contributed by atoms with Gasteiger partial charge >= 0.3 is 0 Å². The molecule has 0 spiro atoms. The highest BCUT2D eigenvalue weighted by atomic mass is 35.5. The summed E-state index contributed by atoms with van der Waals surface area (Å²) < 4.78 is 31.7. The fourth-order valence-corrected chi connectivity index (χ4v) is 4.56. The van der Waals surface area contributed by atoms with Crippen LogP contribution in [0.2, 0.25) is 5.02 Å². The lowest BCUT2D eigenvalue weighted by atomic mass is 10.0. The van der Waals surface area contributed by atoms with E-state index in [2.05, 4.69) is 24.1 Å². The quantitative estimate of drug-likeness (QED) is 0.549. The molecule has 0 saturated carbocycles. The van der Waals surface area contributed by atoms with E-state index in [0.29, 0.717) is 11.6 Å². The minimum Gasteiger partial charge on any atom is -0.497 e. The highest BCUT2D eigenvalue weighted by Crippen LogP contribution is 2.24. The van der Waals surface area contributed by atoms with Crippen LogP contribution < -0.4 is 10.1 Å². The molecule has 1 atom stereocenters. The molecule has 0 aromatic heterocycles. The van der Waals surface area contributed by atoms with E-state index in [-0.39, 0.29) is 23.4 Å². The van der Waals surface area contributed by atoms with Gasteiger partial charge in [0.1, 0.15) is 5.75 Å². The smallest absolute Gasteiger partial charge is 0.243 e. The minimum atomic E-state index is -3.79. The number of rotatable bonds is 11. The second-order valence-corrected chi connectivity index (χ2v) is 9.51. The summed E-state index contributed by atoms with van der Waals surface area (Å²) in [4.78, 5) is 14.9. The fourth-order valence-electron chi connectivity index (χ4n) is 3.31. The third-order valence-corrected chi connectivity index (χ3v) is 7.18. The number of ether oxygens (including phenoxy) is 1. The molecule has 31 heavy (non-hydrogen) atoms. The van der Waals surface area contributed by atoms with Gasteiger partial charge in [-0.2, -0.15) is 4.31 Å². The van der Waals surface area contributed by atoms with Crippen molar-refractivity contribution < 1.29 is 17.9 Å². The van der Waals surface area contributed by atoms with E-state index in [1.165, 1.54) is 31.3 Å². The van der Waals surface area contributed by atoms with E-state index >= 15 is 0 Å². The zero-order valence-corrected chi connectivity index (χ0v) is 19.9. The van der Waals surface area contributed by atoms with E-state index in [1.54, 1.807) is 7.11 Å². The second-order valence-electron chi connectivity index (χ2n) is 7.03. The molecule has 170 valence electrons. The van der Waals surface area contributed by atoms with Crippen LogP contribution in [0.15, 0.2) is 53.4 Å². The number of amides is 1. The Balaban J connectivity index is 2.08. The van der Waals surface area contributed by atoms with Gasteiger partial charge in [-0.3, -0.25) is 9.69 Å². The number of carbonyl (C=O) groups excluding carboxylic acids is 1. The Morgan fingerprint density at radius 2 is 1.77 bits per heavy atom. The molecule has 1 N–H and O–H groups in total. The van der Waals surface area contributed by atoms with Crippen molar-refractivity contribution in [1.82, 2.24) is 14.5 Å². The number of nitrogens with one attached hydrogen (secondary N) is 1. The van der Waals surface area contributed by atoms with E-state index in [9.17, 15) is 13.2 Å². The third-order valence-electron chi connectivity index (χ3n) is 5.11. The Hall–Kier alpha value is -2.13. The summed E-state index contributed by atoms with van der Waals surface area (Å²) in [6, 6.07) is 13.5. The number of halogens is 1. The second kappa shape index (κ2) is 11.5. The Morgan fingerprint density at radius 1 is 1.13 bits per heavy atom. The van der Waals surface area contributed by atoms with E-state index in [0.717, 1.165) is 28.7 Å². The van der Waals surface area contributed by atoms with Gasteiger partial charge < -0.3 is 10.1 Å². The van der Waals surface area contributed by atoms with Crippen LogP contribution in [-0.4, -0.2) is 63.9 Å². The SMILES string of the molecule is CCN(CC)C(CNC(=O)CN(C)S(=O)(=O)c1ccc(Cl)cc1)c1cccc(OC)c1. The molecule has 0 heterocycles. The Labute approximate surface area is 190 Å². The van der Waals surface area contributed by atoms with E-state index in [4.69, 9.17) is 16.3 Å². The zero-order valence-electron chi connectivity index (χ0n) is 18.3. The average molecular weight is 468 g/mol. The van der Waals surface area contributed by atoms with Crippen LogP contribution >= 0.6 is 11.6 Å². The Morgan fingerprint density at radius 3 is 2.35 bits per heavy atom. The molecule has 1 unspecified atom stereocenters. The molecule has 2 aromatic carbocycles. The first-order valence-electron chi connectivity index (χ1n) is 10.1. The van der Waals surface area contributed by atoms with Crippen LogP contribution in [0.3, 0.4) is 0 Å². The molecule has 2 rings (SSSR count). The molecule has 2 aromatic rings. The van der Waals surface area contributed by atoms with Crippen LogP contribution in [-0.2, 0) is 14.8 Å². The fraction of sp³-hybridized carbons (Fsp3) is 0.409. The molecule has 0 saturated heterocycles. The van der Waals surface area contributed by atoms with E-state index in [1.807, 2.05) is 24.3 Å². The van der Waals surface area contributed by atoms with Crippen LogP contribution in [0.1, 0.15) is 25.5 Å². The predicted molar refractivity (Wildman–Crippen MR) is 123 cm³/mol. The molecule has 0 aliphatic heterocycles. The van der Waals surface area contributed by atoms with Gasteiger partial charge in [0.15, 0.2) is 0 Å². The van der Waals surface area contributed by atoms with Gasteiger partial charge in [-0.15, -0.1) is 0 Å². The van der Waals surface area contributed by atoms with Crippen molar-refractivity contribution in [2.45, 2.75) is 24.8 Å². The van der Waals surface area contributed by atoms with Gasteiger partial charge in [0, 0.05) is 18.6 Å². The first kappa shape index (κ1) is 25.1. The third kappa shape index (κ3) is 6.67. The molecule has 0 fully saturated rings. The summed E-state index contributed by atoms with van der Waals surface area (Å²) in [6.45, 7) is 5.80. The van der Waals surface area contributed by atoms with Gasteiger partial charge in [0.25, 0.3) is 0 Å². The number of hydrogen-bond acceptors (Lipinski definition) is 5. The minimum absolute atomic E-state index is 0.0628. The lowest BCUT2D eigenvalue weighted by molar-refractivity contribution is -0.121. The average Bonchev–Trinajstić information content (AvgIpc) is 2.76. The number of benzene rings is 2. The Bertz CT molecular complexity index is 963. The Kier molecular flexibility index (Phi) is 9.31. The lowest BCUT2D eigenvalue weighted by Crippen LogP contribution is -2.42. The van der Waals surface area contributed by atoms with Crippen molar-refractivity contribution in [3.05, 3.63) is 59.1 Å². The van der Waals surface area contributed by atoms with Crippen molar-refractivity contribution in [3.8, 4) is 5.75 Å². The largest absolute Gasteiger partial charge is 0.497 e. The van der Waals surface area contributed by atoms with Gasteiger partial charge in [-0.05, 0) is 55.1 Å². The summed E-state index contributed by atoms with van der Waals surface area (Å²) in [5.74, 6) is 0.370. The number of likely N-dealkylation sites (N-methyl/N-ethyl adjacent to an activating group) is 2. The predicted octanol–water partition coefficient (Wildman–Crippen LogP) is 3.17. The summed E-state index contributed by atoms with van der Waals surface area (Å²) in [5, 5.41) is 3.33. The number of sulfonamides is 1. The highest BCUT2D eigenvalue weighted by molar-refractivity contribution is 7.89. The van der Waals surface area contributed by atoms with Crippen molar-refractivity contribution in [2.24, 2.45) is 0 Å². The van der Waals surface area contributed by atoms with Gasteiger partial charge in [0.2, 0.25) is 15.9 Å². The molecule has 0 aliphatic carbocycles. The number of carbonyl (C=O) groups is 1. The van der Waals surface area contributed by atoms with Crippen LogP contribution in [0, 0.1) is 0 Å². The van der Waals surface area contributed by atoms with Gasteiger partial charge in [-0.1, -0.05) is 37.6 Å². The first-order chi connectivity index (χ1) is 14.7. The molecule has 7 nitrogen and oxygen atoms in total. The monoisotopic (exact) mass is 467 g/mol. The highest BCUT2D eigenvalue weighted by Gasteiger charge is 2.24. The topological polar surface area (TPSA) is 79.0 Å². The first-order valence-corrected chi connectivity index (χ1v) is 11.9. The lowest BCUT2D eigenvalue weighted by Gasteiger charge is -2.30. The van der Waals surface area contributed by atoms with Crippen LogP contribution in [0.4, 0.5) is 0 Å². The van der Waals surface area contributed by atoms with Crippen molar-refractivity contribution in [2.75, 3.05) is 40.3 Å². The van der Waals surface area contributed by atoms with Crippen LogP contribution in [0.5, 0.6) is 5.75 Å². The summed E-state index contributed by atoms with van der Waals surface area (Å²) in [5.41, 5.74) is 1.02. The molecule has 0 aliphatic rings. The maximum atomic E-state index is 12.7. The summed E-state index contributed by atoms with van der Waals surface area (Å²) in [6.07, 6.45) is 0. The van der Waals surface area contributed by atoms with Crippen molar-refractivity contribution >= 4 is 27.5 Å². The standard InChI is InChI=1S/C22H30ClN3O4S/c1-5-26(6-2)21(17-8-7-9-19(14-17)30-4)15-24-22(27)16-25(3)31(28,29)20-12-10-18(23)11-13-20/h7-14,21H,5-6,15-16H2,1-4H3,(H,24,27). The van der Waals surface area contributed by atoms with E-state index < -0.39 is 10.0 Å². The maximum absolute atomic E-state index is 12.7. The maximum Gasteiger partial charge on any atom is 0.243 e. The molecular formula is C22H30ClN3O4S. The summed E-state index contributed by atoms with van der Waals surface area (Å²) in [7, 11) is -0.792. The van der Waals surface area contributed by atoms with Gasteiger partial charge in [0.05, 0.1) is 24.6 Å². The van der Waals surface area contributed by atoms with Crippen LogP contribution in [0.25, 0.3) is 0 Å². The number of hydrogen-bond donors (Lipinski definition) is 1. The molecule has 9 heteroatoms. The molecular weight excluding hydrogens is 438 g/mol. The molecule has 0 bridgehead atoms. The number of nitrogens with zero attached hydrogens (tertiary/aromatic N) is 2. The normalized spacial score (nSPS) is 12.7. The van der Waals surface area contributed by atoms with Crippen molar-refractivity contribution in [1.29, 1.82) is 0 Å². The molecule has 0 radical (unpaired) electrons. The van der Waals surface area contributed by atoms with Gasteiger partial charge in [-0.25, -0.2) is 8.42 Å². The zero-order chi connectivity index (χ0) is 23.0. The number of methoxy groups -OCH3 is 1. The summed E-state index contributed by atoms with van der Waals surface area (Å²) >= 11 is 5.83. The molecule has 1 amide bonds.